The molecule has 44 heavy (non-hydrogen) atoms. The highest BCUT2D eigenvalue weighted by molar-refractivity contribution is 5.81. The number of carboxylic acid groups (broad SMARTS) is 1. The maximum absolute atomic E-state index is 12.6. The highest BCUT2D eigenvalue weighted by Crippen LogP contribution is 2.44. The zero-order valence-corrected chi connectivity index (χ0v) is 25.8. The van der Waals surface area contributed by atoms with Crippen LogP contribution < -0.4 is 10.6 Å². The van der Waals surface area contributed by atoms with E-state index in [1.807, 2.05) is 62.1 Å². The van der Waals surface area contributed by atoms with Crippen molar-refractivity contribution in [2.75, 3.05) is 45.9 Å². The van der Waals surface area contributed by atoms with Gasteiger partial charge in [0.05, 0.1) is 6.54 Å². The number of carbonyl (C=O) groups is 4. The van der Waals surface area contributed by atoms with E-state index in [0.717, 1.165) is 22.3 Å². The Morgan fingerprint density at radius 3 is 2.11 bits per heavy atom. The van der Waals surface area contributed by atoms with Crippen LogP contribution in [0.2, 0.25) is 0 Å². The summed E-state index contributed by atoms with van der Waals surface area (Å²) < 4.78 is 10.9. The maximum atomic E-state index is 12.6. The number of esters is 1. The van der Waals surface area contributed by atoms with Crippen molar-refractivity contribution in [1.29, 1.82) is 0 Å². The largest absolute Gasteiger partial charge is 0.480 e. The molecule has 4 rings (SSSR count). The summed E-state index contributed by atoms with van der Waals surface area (Å²) in [5, 5.41) is 15.0. The predicted octanol–water partition coefficient (Wildman–Crippen LogP) is 4.21. The van der Waals surface area contributed by atoms with Crippen molar-refractivity contribution >= 4 is 24.1 Å². The number of nitrogens with zero attached hydrogens (tertiary/aromatic N) is 2. The third kappa shape index (κ3) is 9.19. The Balaban J connectivity index is 1.10. The number of ether oxygens (including phenoxy) is 2. The number of nitrogens with one attached hydrogen (secondary N) is 2. The number of carboxylic acids is 1. The fraction of sp³-hybridized carbons (Fsp3) is 0.515. The van der Waals surface area contributed by atoms with Gasteiger partial charge in [-0.1, -0.05) is 61.4 Å². The lowest BCUT2D eigenvalue weighted by atomic mass is 9.98. The number of aliphatic carboxylic acids is 1. The second kappa shape index (κ2) is 15.1. The molecule has 3 amide bonds. The van der Waals surface area contributed by atoms with Crippen molar-refractivity contribution in [1.82, 2.24) is 20.4 Å². The maximum Gasteiger partial charge on any atom is 0.407 e. The highest BCUT2D eigenvalue weighted by atomic mass is 16.6. The van der Waals surface area contributed by atoms with Gasteiger partial charge in [0, 0.05) is 38.6 Å². The molecule has 1 aliphatic heterocycles. The van der Waals surface area contributed by atoms with Gasteiger partial charge in [-0.2, -0.15) is 0 Å². The van der Waals surface area contributed by atoms with Crippen LogP contribution in [0.15, 0.2) is 48.5 Å². The van der Waals surface area contributed by atoms with Crippen LogP contribution in [-0.4, -0.2) is 96.5 Å². The molecule has 238 valence electrons. The molecule has 3 N–H and O–H groups in total. The van der Waals surface area contributed by atoms with Gasteiger partial charge in [-0.25, -0.2) is 14.4 Å². The summed E-state index contributed by atoms with van der Waals surface area (Å²) in [5.41, 5.74) is 3.89. The number of amides is 3. The molecule has 2 aromatic rings. The summed E-state index contributed by atoms with van der Waals surface area (Å²) >= 11 is 0. The first-order chi connectivity index (χ1) is 21.0. The van der Waals surface area contributed by atoms with Crippen molar-refractivity contribution in [3.8, 4) is 11.1 Å². The molecule has 11 heteroatoms. The molecule has 0 saturated carbocycles. The lowest BCUT2D eigenvalue weighted by molar-refractivity contribution is -0.156. The molecule has 0 bridgehead atoms. The lowest BCUT2D eigenvalue weighted by Gasteiger charge is -2.34. The molecule has 0 aromatic heterocycles. The minimum absolute atomic E-state index is 0.104. The number of hydrogen-bond donors (Lipinski definition) is 3. The molecule has 2 aliphatic rings. The van der Waals surface area contributed by atoms with Gasteiger partial charge >= 0.3 is 24.1 Å². The quantitative estimate of drug-likeness (QED) is 0.241. The molecule has 2 aromatic carbocycles. The molecular weight excluding hydrogens is 564 g/mol. The van der Waals surface area contributed by atoms with Crippen molar-refractivity contribution in [2.24, 2.45) is 0 Å². The Kier molecular flexibility index (Phi) is 11.2. The van der Waals surface area contributed by atoms with Crippen LogP contribution >= 0.6 is 0 Å². The lowest BCUT2D eigenvalue weighted by Crippen LogP contribution is -2.53. The first-order valence-corrected chi connectivity index (χ1v) is 15.3. The van der Waals surface area contributed by atoms with Crippen LogP contribution in [0.25, 0.3) is 11.1 Å². The first kappa shape index (κ1) is 32.8. The van der Waals surface area contributed by atoms with Crippen molar-refractivity contribution in [3.05, 3.63) is 59.7 Å². The summed E-state index contributed by atoms with van der Waals surface area (Å²) in [6.07, 6.45) is 1.45. The molecular formula is C33H44N4O7. The van der Waals surface area contributed by atoms with Gasteiger partial charge in [0.2, 0.25) is 0 Å². The number of benzene rings is 2. The Hall–Kier alpha value is -4.12. The molecule has 11 nitrogen and oxygen atoms in total. The van der Waals surface area contributed by atoms with E-state index in [9.17, 15) is 24.3 Å². The van der Waals surface area contributed by atoms with Gasteiger partial charge in [-0.3, -0.25) is 9.69 Å². The summed E-state index contributed by atoms with van der Waals surface area (Å²) in [6.45, 7) is 8.54. The van der Waals surface area contributed by atoms with E-state index in [1.54, 1.807) is 4.90 Å². The van der Waals surface area contributed by atoms with E-state index >= 15 is 0 Å². The number of carbonyl (C=O) groups excluding carboxylic acids is 3. The number of piperazine rings is 1. The van der Waals surface area contributed by atoms with Gasteiger partial charge in [0.25, 0.3) is 0 Å². The van der Waals surface area contributed by atoms with E-state index in [0.29, 0.717) is 52.0 Å². The number of fused-ring (bicyclic) bond motifs is 3. The van der Waals surface area contributed by atoms with E-state index < -0.39 is 23.7 Å². The molecule has 1 unspecified atom stereocenters. The summed E-state index contributed by atoms with van der Waals surface area (Å²) in [5.74, 6) is -1.49. The number of hydrogen-bond acceptors (Lipinski definition) is 7. The van der Waals surface area contributed by atoms with Crippen molar-refractivity contribution in [2.45, 2.75) is 64.0 Å². The average molecular weight is 609 g/mol. The van der Waals surface area contributed by atoms with E-state index in [4.69, 9.17) is 9.47 Å². The van der Waals surface area contributed by atoms with Crippen LogP contribution in [0.1, 0.15) is 63.5 Å². The van der Waals surface area contributed by atoms with Gasteiger partial charge in [-0.15, -0.1) is 0 Å². The van der Waals surface area contributed by atoms with Gasteiger partial charge in [0.15, 0.2) is 0 Å². The van der Waals surface area contributed by atoms with E-state index in [1.165, 1.54) is 0 Å². The molecule has 0 spiro atoms. The Bertz CT molecular complexity index is 1270. The van der Waals surface area contributed by atoms with Crippen molar-refractivity contribution in [3.63, 3.8) is 0 Å². The second-order valence-corrected chi connectivity index (χ2v) is 12.3. The van der Waals surface area contributed by atoms with Crippen LogP contribution in [0.3, 0.4) is 0 Å². The Morgan fingerprint density at radius 1 is 0.909 bits per heavy atom. The van der Waals surface area contributed by atoms with Gasteiger partial charge < -0.3 is 30.1 Å². The minimum Gasteiger partial charge on any atom is -0.480 e. The van der Waals surface area contributed by atoms with E-state index in [-0.39, 0.29) is 37.5 Å². The third-order valence-corrected chi connectivity index (χ3v) is 7.81. The van der Waals surface area contributed by atoms with Crippen LogP contribution in [-0.2, 0) is 19.1 Å². The first-order valence-electron chi connectivity index (χ1n) is 15.3. The van der Waals surface area contributed by atoms with Crippen LogP contribution in [0, 0.1) is 0 Å². The summed E-state index contributed by atoms with van der Waals surface area (Å²) in [7, 11) is 0. The number of alkyl carbamates (subject to hydrolysis) is 1. The Morgan fingerprint density at radius 2 is 1.52 bits per heavy atom. The number of unbranched alkanes of at least 4 members (excludes halogenated alkanes) is 2. The van der Waals surface area contributed by atoms with Crippen LogP contribution in [0.4, 0.5) is 9.59 Å². The second-order valence-electron chi connectivity index (χ2n) is 12.3. The topological polar surface area (TPSA) is 138 Å². The number of urea groups is 1. The zero-order valence-electron chi connectivity index (χ0n) is 25.8. The Labute approximate surface area is 258 Å². The zero-order chi connectivity index (χ0) is 31.7. The van der Waals surface area contributed by atoms with Crippen LogP contribution in [0.5, 0.6) is 0 Å². The molecule has 1 heterocycles. The normalized spacial score (nSPS) is 15.6. The monoisotopic (exact) mass is 608 g/mol. The molecule has 1 aliphatic carbocycles. The fourth-order valence-electron chi connectivity index (χ4n) is 5.66. The molecule has 1 atom stereocenters. The minimum atomic E-state index is -1.11. The van der Waals surface area contributed by atoms with E-state index in [2.05, 4.69) is 22.8 Å². The smallest absolute Gasteiger partial charge is 0.407 e. The summed E-state index contributed by atoms with van der Waals surface area (Å²) in [4.78, 5) is 52.6. The average Bonchev–Trinajstić information content (AvgIpc) is 3.30. The molecule has 1 saturated heterocycles. The standard InChI is InChI=1S/C33H44N4O7/c1-33(2,3)44-29(38)21-36-17-19-37(20-18-36)31(41)34-16-10-4-5-15-28(30(39)40)35-32(42)43-22-27-25-13-8-6-11-23(25)24-12-7-9-14-26(24)27/h6-9,11-14,27-28H,4-5,10,15-22H2,1-3H3,(H,34,41)(H,35,42)(H,39,40). The highest BCUT2D eigenvalue weighted by Gasteiger charge is 2.30. The van der Waals surface area contributed by atoms with Crippen molar-refractivity contribution < 1.29 is 33.8 Å². The fourth-order valence-corrected chi connectivity index (χ4v) is 5.66. The molecule has 1 fully saturated rings. The SMILES string of the molecule is CC(C)(C)OC(=O)CN1CCN(C(=O)NCCCCCC(NC(=O)OCC2c3ccccc3-c3ccccc32)C(=O)O)CC1. The van der Waals surface area contributed by atoms with Gasteiger partial charge in [-0.05, 0) is 55.9 Å². The number of rotatable bonds is 12. The predicted molar refractivity (Wildman–Crippen MR) is 165 cm³/mol. The summed E-state index contributed by atoms with van der Waals surface area (Å²) in [6, 6.07) is 14.8. The van der Waals surface area contributed by atoms with Gasteiger partial charge in [0.1, 0.15) is 18.2 Å². The molecule has 0 radical (unpaired) electrons. The third-order valence-electron chi connectivity index (χ3n) is 7.81.